The highest BCUT2D eigenvalue weighted by Gasteiger charge is 2.42. The molecule has 1 aliphatic rings. The Morgan fingerprint density at radius 1 is 1.16 bits per heavy atom. The third-order valence-corrected chi connectivity index (χ3v) is 6.97. The van der Waals surface area contributed by atoms with E-state index >= 15 is 0 Å². The Labute approximate surface area is 186 Å². The van der Waals surface area contributed by atoms with Crippen LogP contribution in [0.3, 0.4) is 0 Å². The second-order valence-corrected chi connectivity index (χ2v) is 8.69. The van der Waals surface area contributed by atoms with Crippen molar-refractivity contribution in [2.45, 2.75) is 38.6 Å². The van der Waals surface area contributed by atoms with Gasteiger partial charge in [-0.25, -0.2) is 0 Å². The average molecular weight is 433 g/mol. The summed E-state index contributed by atoms with van der Waals surface area (Å²) >= 11 is 1.64. The van der Waals surface area contributed by atoms with Crippen LogP contribution in [0.2, 0.25) is 0 Å². The van der Waals surface area contributed by atoms with E-state index in [1.165, 1.54) is 16.5 Å². The molecule has 0 spiro atoms. The van der Waals surface area contributed by atoms with Crippen LogP contribution in [-0.4, -0.2) is 15.7 Å². The fourth-order valence-corrected chi connectivity index (χ4v) is 5.30. The van der Waals surface area contributed by atoms with Crippen molar-refractivity contribution in [3.05, 3.63) is 76.9 Å². The number of para-hydroxylation sites is 1. The Balaban J connectivity index is 0.00000112. The largest absolute Gasteiger partial charge is 0.508 e. The highest BCUT2D eigenvalue weighted by molar-refractivity contribution is 7.15. The summed E-state index contributed by atoms with van der Waals surface area (Å²) in [6.07, 6.45) is 2.06. The quantitative estimate of drug-likeness (QED) is 0.191. The minimum absolute atomic E-state index is 0.0702. The number of nitrogen functional groups attached to an aromatic ring is 1. The number of hydrogen-bond donors (Lipinski definition) is 5. The third kappa shape index (κ3) is 3.37. The summed E-state index contributed by atoms with van der Waals surface area (Å²) in [6.45, 7) is 6.14. The van der Waals surface area contributed by atoms with Gasteiger partial charge in [-0.3, -0.25) is 0 Å². The van der Waals surface area contributed by atoms with Gasteiger partial charge in [0.2, 0.25) is 0 Å². The Morgan fingerprint density at radius 3 is 2.58 bits per heavy atom. The topological polar surface area (TPSA) is 97.9 Å². The lowest BCUT2D eigenvalue weighted by Gasteiger charge is -2.43. The predicted octanol–water partition coefficient (Wildman–Crippen LogP) is 6.40. The molecule has 3 aromatic carbocycles. The molecule has 6 heteroatoms. The van der Waals surface area contributed by atoms with Crippen LogP contribution in [0.1, 0.15) is 55.5 Å². The van der Waals surface area contributed by atoms with Crippen molar-refractivity contribution in [2.75, 3.05) is 11.1 Å². The number of fused-ring (bicyclic) bond motifs is 2. The summed E-state index contributed by atoms with van der Waals surface area (Å²) in [7, 11) is 0. The molecule has 4 aromatic rings. The van der Waals surface area contributed by atoms with Crippen LogP contribution in [0.25, 0.3) is 10.2 Å². The first kappa shape index (κ1) is 21.0. The normalized spacial score (nSPS) is 19.8. The van der Waals surface area contributed by atoms with E-state index < -0.39 is 5.41 Å². The van der Waals surface area contributed by atoms with Crippen molar-refractivity contribution in [2.24, 2.45) is 0 Å². The molecule has 160 valence electrons. The maximum atomic E-state index is 10.7. The van der Waals surface area contributed by atoms with Gasteiger partial charge in [0.05, 0.1) is 16.3 Å². The highest BCUT2D eigenvalue weighted by Crippen LogP contribution is 2.52. The Hall–Kier alpha value is -3.25. The SMILES string of the molecule is CC.C[C@]1(c2ccccc2O)C[C@H](c2ccc3[nH]sc3c2)Nc2ccc(N)c(C=N)c21. The van der Waals surface area contributed by atoms with Crippen molar-refractivity contribution in [3.8, 4) is 5.75 Å². The lowest BCUT2D eigenvalue weighted by molar-refractivity contribution is 0.415. The van der Waals surface area contributed by atoms with E-state index in [0.29, 0.717) is 11.3 Å². The van der Waals surface area contributed by atoms with Gasteiger partial charge < -0.3 is 25.9 Å². The van der Waals surface area contributed by atoms with Crippen molar-refractivity contribution in [3.63, 3.8) is 0 Å². The van der Waals surface area contributed by atoms with Crippen LogP contribution in [0, 0.1) is 5.41 Å². The molecule has 0 radical (unpaired) electrons. The van der Waals surface area contributed by atoms with Crippen LogP contribution in [0.15, 0.2) is 54.6 Å². The summed E-state index contributed by atoms with van der Waals surface area (Å²) in [6, 6.07) is 17.9. The molecule has 31 heavy (non-hydrogen) atoms. The number of rotatable bonds is 3. The molecule has 5 rings (SSSR count). The summed E-state index contributed by atoms with van der Waals surface area (Å²) in [5, 5.41) is 22.4. The summed E-state index contributed by atoms with van der Waals surface area (Å²) in [5.74, 6) is 0.261. The van der Waals surface area contributed by atoms with Gasteiger partial charge in [-0.2, -0.15) is 0 Å². The minimum atomic E-state index is -0.507. The van der Waals surface area contributed by atoms with Crippen LogP contribution >= 0.6 is 11.5 Å². The van der Waals surface area contributed by atoms with Gasteiger partial charge in [0.15, 0.2) is 0 Å². The molecule has 2 atom stereocenters. The van der Waals surface area contributed by atoms with Crippen molar-refractivity contribution < 1.29 is 5.11 Å². The monoisotopic (exact) mass is 432 g/mol. The van der Waals surface area contributed by atoms with E-state index in [0.717, 1.165) is 28.8 Å². The lowest BCUT2D eigenvalue weighted by atomic mass is 9.66. The zero-order valence-electron chi connectivity index (χ0n) is 18.0. The molecule has 0 unspecified atom stereocenters. The summed E-state index contributed by atoms with van der Waals surface area (Å²) in [5.41, 5.74) is 12.1. The molecular formula is C25H28N4OS. The van der Waals surface area contributed by atoms with Crippen LogP contribution in [0.4, 0.5) is 11.4 Å². The van der Waals surface area contributed by atoms with Gasteiger partial charge in [-0.05, 0) is 47.9 Å². The van der Waals surface area contributed by atoms with Gasteiger partial charge >= 0.3 is 0 Å². The number of phenols is 1. The van der Waals surface area contributed by atoms with E-state index in [1.807, 2.05) is 44.2 Å². The fourth-order valence-electron chi connectivity index (χ4n) is 4.63. The molecule has 6 N–H and O–H groups in total. The smallest absolute Gasteiger partial charge is 0.119 e. The van der Waals surface area contributed by atoms with Crippen molar-refractivity contribution in [1.29, 1.82) is 5.41 Å². The fraction of sp³-hybridized carbons (Fsp3) is 0.240. The van der Waals surface area contributed by atoms with E-state index in [9.17, 15) is 5.11 Å². The van der Waals surface area contributed by atoms with E-state index in [-0.39, 0.29) is 11.8 Å². The standard InChI is InChI=1S/C23H22N4OS.C2H6/c1-23(15-4-2-3-5-20(15)28)11-19(13-6-8-17-21(10-13)29-27-17)26-18-9-7-16(25)14(12-24)22(18)23;1-2/h2-10,12,19,24,26-28H,11,25H2,1H3;1-2H3/t19-,23-;/m1./s1. The van der Waals surface area contributed by atoms with E-state index in [2.05, 4.69) is 34.8 Å². The zero-order valence-corrected chi connectivity index (χ0v) is 18.8. The third-order valence-electron chi connectivity index (χ3n) is 6.09. The molecule has 2 heterocycles. The highest BCUT2D eigenvalue weighted by atomic mass is 32.1. The number of benzene rings is 3. The van der Waals surface area contributed by atoms with Gasteiger partial charge in [-0.15, -0.1) is 0 Å². The first-order chi connectivity index (χ1) is 15.0. The first-order valence-corrected chi connectivity index (χ1v) is 11.4. The Morgan fingerprint density at radius 2 is 1.94 bits per heavy atom. The second-order valence-electron chi connectivity index (χ2n) is 7.85. The van der Waals surface area contributed by atoms with Gasteiger partial charge in [0, 0.05) is 34.1 Å². The average Bonchev–Trinajstić information content (AvgIpc) is 2.76. The molecule has 0 bridgehead atoms. The second kappa shape index (κ2) is 8.12. The van der Waals surface area contributed by atoms with Gasteiger partial charge in [0.25, 0.3) is 0 Å². The molecule has 0 aliphatic carbocycles. The van der Waals surface area contributed by atoms with E-state index in [1.54, 1.807) is 17.6 Å². The first-order valence-electron chi connectivity index (χ1n) is 10.6. The number of nitrogens with one attached hydrogen (secondary N) is 3. The van der Waals surface area contributed by atoms with Crippen LogP contribution in [-0.2, 0) is 5.41 Å². The zero-order chi connectivity index (χ0) is 22.2. The molecular weight excluding hydrogens is 404 g/mol. The number of aromatic nitrogens is 1. The molecule has 1 aromatic heterocycles. The number of phenolic OH excluding ortho intramolecular Hbond substituents is 1. The molecule has 5 nitrogen and oxygen atoms in total. The molecule has 0 amide bonds. The maximum absolute atomic E-state index is 10.7. The summed E-state index contributed by atoms with van der Waals surface area (Å²) in [4.78, 5) is 0. The van der Waals surface area contributed by atoms with Crippen LogP contribution in [0.5, 0.6) is 5.75 Å². The molecule has 0 saturated heterocycles. The van der Waals surface area contributed by atoms with Gasteiger partial charge in [0.1, 0.15) is 5.75 Å². The number of anilines is 2. The van der Waals surface area contributed by atoms with E-state index in [4.69, 9.17) is 11.1 Å². The minimum Gasteiger partial charge on any atom is -0.508 e. The number of hydrogen-bond acceptors (Lipinski definition) is 5. The number of aromatic amines is 1. The maximum Gasteiger partial charge on any atom is 0.119 e. The van der Waals surface area contributed by atoms with Crippen LogP contribution < -0.4 is 11.1 Å². The predicted molar refractivity (Wildman–Crippen MR) is 132 cm³/mol. The molecule has 1 aliphatic heterocycles. The summed E-state index contributed by atoms with van der Waals surface area (Å²) < 4.78 is 4.48. The Bertz CT molecular complexity index is 1240. The lowest BCUT2D eigenvalue weighted by Crippen LogP contribution is -2.36. The van der Waals surface area contributed by atoms with Crippen molar-refractivity contribution >= 4 is 39.3 Å². The Kier molecular flexibility index (Phi) is 5.50. The number of nitrogens with two attached hydrogens (primary N) is 1. The molecule has 0 fully saturated rings. The van der Waals surface area contributed by atoms with Crippen molar-refractivity contribution in [1.82, 2.24) is 4.37 Å². The van der Waals surface area contributed by atoms with Gasteiger partial charge in [-0.1, -0.05) is 56.6 Å². The number of H-pyrrole nitrogens is 1. The molecule has 0 saturated carbocycles. The number of aromatic hydroxyl groups is 1.